The average Bonchev–Trinajstić information content (AvgIpc) is 2.99. The summed E-state index contributed by atoms with van der Waals surface area (Å²) in [5, 5.41) is 0. The molecule has 0 fully saturated rings. The smallest absolute Gasteiger partial charge is 0.457 e. The van der Waals surface area contributed by atoms with Crippen molar-refractivity contribution in [1.82, 2.24) is 0 Å². The molecule has 0 spiro atoms. The van der Waals surface area contributed by atoms with Gasteiger partial charge in [0.1, 0.15) is 6.10 Å². The summed E-state index contributed by atoms with van der Waals surface area (Å²) in [6.07, 6.45) is 34.1. The number of hydrogen-bond acceptors (Lipinski definition) is 7. The maximum Gasteiger partial charge on any atom is 0.472 e. The van der Waals surface area contributed by atoms with Crippen molar-refractivity contribution in [3.8, 4) is 0 Å². The van der Waals surface area contributed by atoms with E-state index in [0.29, 0.717) is 13.0 Å². The quantitative estimate of drug-likeness (QED) is 0.0339. The number of carbonyl (C=O) groups is 1. The lowest BCUT2D eigenvalue weighted by molar-refractivity contribution is -0.154. The molecule has 250 valence electrons. The van der Waals surface area contributed by atoms with Crippen molar-refractivity contribution in [2.24, 2.45) is 5.73 Å². The highest BCUT2D eigenvalue weighted by molar-refractivity contribution is 7.47. The third-order valence-corrected chi connectivity index (χ3v) is 7.45. The van der Waals surface area contributed by atoms with Crippen molar-refractivity contribution < 1.29 is 32.8 Å². The maximum atomic E-state index is 12.4. The van der Waals surface area contributed by atoms with E-state index >= 15 is 0 Å². The Morgan fingerprint density at radius 2 is 1.30 bits per heavy atom. The standard InChI is InChI=1S/C34H62NO7P/c1-3-5-7-9-11-13-15-16-17-18-20-22-24-26-29-39-31-33(32-41-43(37,38)40-30-28-35)42-34(36)27-25-23-21-19-14-12-10-8-6-4-2/h5,7-8,10-11,13,16-17,33H,3-4,6,9,12,14-15,18-32,35H2,1-2H3,(H,37,38)/b7-5-,10-8-,13-11-,17-16-. The van der Waals surface area contributed by atoms with Gasteiger partial charge in [-0.15, -0.1) is 0 Å². The van der Waals surface area contributed by atoms with Gasteiger partial charge in [0.05, 0.1) is 19.8 Å². The summed E-state index contributed by atoms with van der Waals surface area (Å²) in [6, 6.07) is 0. The molecule has 3 N–H and O–H groups in total. The van der Waals surface area contributed by atoms with E-state index in [4.69, 9.17) is 24.3 Å². The molecule has 2 unspecified atom stereocenters. The fourth-order valence-electron chi connectivity index (χ4n) is 4.07. The SMILES string of the molecule is CC/C=C\C/C=C\C/C=C\CCCCCCOCC(COP(=O)(O)OCCN)OC(=O)CCCCCCC/C=C\CCC. The molecule has 0 aliphatic carbocycles. The second kappa shape index (κ2) is 31.9. The van der Waals surface area contributed by atoms with Gasteiger partial charge in [0.15, 0.2) is 0 Å². The molecular weight excluding hydrogens is 565 g/mol. The van der Waals surface area contributed by atoms with Gasteiger partial charge in [0.25, 0.3) is 0 Å². The highest BCUT2D eigenvalue weighted by Crippen LogP contribution is 2.43. The topological polar surface area (TPSA) is 117 Å². The van der Waals surface area contributed by atoms with Gasteiger partial charge in [-0.3, -0.25) is 13.8 Å². The number of rotatable bonds is 31. The van der Waals surface area contributed by atoms with Gasteiger partial charge in [-0.05, 0) is 64.2 Å². The Hall–Kier alpha value is -1.54. The molecule has 0 saturated carbocycles. The number of ether oxygens (including phenoxy) is 2. The minimum Gasteiger partial charge on any atom is -0.457 e. The molecule has 0 radical (unpaired) electrons. The molecule has 2 atom stereocenters. The van der Waals surface area contributed by atoms with E-state index in [1.54, 1.807) is 0 Å². The van der Waals surface area contributed by atoms with Crippen LogP contribution in [0.3, 0.4) is 0 Å². The molecule has 0 aromatic rings. The van der Waals surface area contributed by atoms with Crippen molar-refractivity contribution in [2.45, 2.75) is 129 Å². The third kappa shape index (κ3) is 31.7. The van der Waals surface area contributed by atoms with Gasteiger partial charge in [-0.2, -0.15) is 0 Å². The number of unbranched alkanes of at least 4 members (excludes halogenated alkanes) is 10. The van der Waals surface area contributed by atoms with Crippen LogP contribution in [-0.4, -0.2) is 49.9 Å². The van der Waals surface area contributed by atoms with Gasteiger partial charge in [0, 0.05) is 19.6 Å². The number of phosphoric ester groups is 1. The minimum absolute atomic E-state index is 0.0931. The molecule has 0 saturated heterocycles. The molecule has 0 aliphatic rings. The van der Waals surface area contributed by atoms with Crippen LogP contribution in [0.4, 0.5) is 0 Å². The van der Waals surface area contributed by atoms with Crippen LogP contribution in [0.15, 0.2) is 48.6 Å². The monoisotopic (exact) mass is 627 g/mol. The molecule has 0 rings (SSSR count). The molecular formula is C34H62NO7P. The zero-order valence-corrected chi connectivity index (χ0v) is 28.1. The Morgan fingerprint density at radius 1 is 0.721 bits per heavy atom. The van der Waals surface area contributed by atoms with E-state index in [9.17, 15) is 14.3 Å². The number of carbonyl (C=O) groups excluding carboxylic acids is 1. The van der Waals surface area contributed by atoms with E-state index < -0.39 is 13.9 Å². The van der Waals surface area contributed by atoms with E-state index in [1.165, 1.54) is 12.8 Å². The van der Waals surface area contributed by atoms with Gasteiger partial charge < -0.3 is 20.1 Å². The summed E-state index contributed by atoms with van der Waals surface area (Å²) in [7, 11) is -4.27. The second-order valence-corrected chi connectivity index (χ2v) is 12.1. The second-order valence-electron chi connectivity index (χ2n) is 10.6. The van der Waals surface area contributed by atoms with E-state index in [1.807, 2.05) is 0 Å². The molecule has 0 aromatic carbocycles. The van der Waals surface area contributed by atoms with Gasteiger partial charge in [-0.25, -0.2) is 4.57 Å². The number of phosphoric acid groups is 1. The van der Waals surface area contributed by atoms with Crippen LogP contribution in [0.5, 0.6) is 0 Å². The molecule has 8 nitrogen and oxygen atoms in total. The number of esters is 1. The van der Waals surface area contributed by atoms with Crippen LogP contribution in [0.2, 0.25) is 0 Å². The van der Waals surface area contributed by atoms with Crippen molar-refractivity contribution >= 4 is 13.8 Å². The molecule has 0 aromatic heterocycles. The first-order valence-corrected chi connectivity index (χ1v) is 18.1. The zero-order valence-electron chi connectivity index (χ0n) is 27.2. The normalized spacial score (nSPS) is 14.4. The van der Waals surface area contributed by atoms with Crippen LogP contribution in [0.1, 0.15) is 123 Å². The molecule has 0 heterocycles. The Labute approximate surface area is 262 Å². The predicted octanol–water partition coefficient (Wildman–Crippen LogP) is 8.90. The maximum absolute atomic E-state index is 12.4. The predicted molar refractivity (Wildman–Crippen MR) is 178 cm³/mol. The highest BCUT2D eigenvalue weighted by atomic mass is 31.2. The zero-order chi connectivity index (χ0) is 31.7. The Kier molecular flexibility index (Phi) is 30.7. The van der Waals surface area contributed by atoms with Crippen LogP contribution < -0.4 is 5.73 Å². The van der Waals surface area contributed by atoms with Crippen LogP contribution in [-0.2, 0) is 27.9 Å². The lowest BCUT2D eigenvalue weighted by Crippen LogP contribution is -2.28. The fraction of sp³-hybridized carbons (Fsp3) is 0.735. The number of allylic oxidation sites excluding steroid dienone is 8. The Morgan fingerprint density at radius 3 is 1.98 bits per heavy atom. The lowest BCUT2D eigenvalue weighted by atomic mass is 10.1. The van der Waals surface area contributed by atoms with Gasteiger partial charge >= 0.3 is 13.8 Å². The summed E-state index contributed by atoms with van der Waals surface area (Å²) < 4.78 is 33.1. The molecule has 0 bridgehead atoms. The first kappa shape index (κ1) is 41.5. The van der Waals surface area contributed by atoms with E-state index in [-0.39, 0.29) is 32.3 Å². The van der Waals surface area contributed by atoms with E-state index in [0.717, 1.165) is 89.9 Å². The fourth-order valence-corrected chi connectivity index (χ4v) is 4.83. The van der Waals surface area contributed by atoms with E-state index in [2.05, 4.69) is 62.5 Å². The number of hydrogen-bond donors (Lipinski definition) is 2. The van der Waals surface area contributed by atoms with Crippen molar-refractivity contribution in [1.29, 1.82) is 0 Å². The van der Waals surface area contributed by atoms with Crippen molar-refractivity contribution in [2.75, 3.05) is 33.0 Å². The summed E-state index contributed by atoms with van der Waals surface area (Å²) >= 11 is 0. The minimum atomic E-state index is -4.27. The first-order chi connectivity index (χ1) is 20.9. The summed E-state index contributed by atoms with van der Waals surface area (Å²) in [5.74, 6) is -0.354. The van der Waals surface area contributed by atoms with Crippen LogP contribution >= 0.6 is 7.82 Å². The van der Waals surface area contributed by atoms with Gasteiger partial charge in [0.2, 0.25) is 0 Å². The lowest BCUT2D eigenvalue weighted by Gasteiger charge is -2.20. The summed E-state index contributed by atoms with van der Waals surface area (Å²) in [6.45, 7) is 4.64. The molecule has 0 aliphatic heterocycles. The van der Waals surface area contributed by atoms with Crippen LogP contribution in [0, 0.1) is 0 Å². The molecule has 43 heavy (non-hydrogen) atoms. The summed E-state index contributed by atoms with van der Waals surface area (Å²) in [5.41, 5.74) is 5.33. The molecule has 0 amide bonds. The van der Waals surface area contributed by atoms with Gasteiger partial charge in [-0.1, -0.05) is 101 Å². The van der Waals surface area contributed by atoms with Crippen molar-refractivity contribution in [3.05, 3.63) is 48.6 Å². The number of nitrogens with two attached hydrogens (primary N) is 1. The van der Waals surface area contributed by atoms with Crippen molar-refractivity contribution in [3.63, 3.8) is 0 Å². The summed E-state index contributed by atoms with van der Waals surface area (Å²) in [4.78, 5) is 22.2. The third-order valence-electron chi connectivity index (χ3n) is 6.46. The average molecular weight is 628 g/mol. The molecule has 9 heteroatoms. The Balaban J connectivity index is 4.20. The highest BCUT2D eigenvalue weighted by Gasteiger charge is 2.25. The first-order valence-electron chi connectivity index (χ1n) is 16.6. The Bertz CT molecular complexity index is 798. The van der Waals surface area contributed by atoms with Crippen LogP contribution in [0.25, 0.3) is 0 Å². The largest absolute Gasteiger partial charge is 0.472 e.